The summed E-state index contributed by atoms with van der Waals surface area (Å²) in [4.78, 5) is 12.7. The molecule has 32 heavy (non-hydrogen) atoms. The van der Waals surface area contributed by atoms with E-state index in [4.69, 9.17) is 10.5 Å². The van der Waals surface area contributed by atoms with Gasteiger partial charge in [0.05, 0.1) is 16.6 Å². The molecule has 0 bridgehead atoms. The minimum atomic E-state index is -0.396. The van der Waals surface area contributed by atoms with Gasteiger partial charge in [-0.3, -0.25) is 10.00 Å². The Morgan fingerprint density at radius 2 is 1.91 bits per heavy atom. The van der Waals surface area contributed by atoms with Crippen molar-refractivity contribution in [3.63, 3.8) is 0 Å². The first-order chi connectivity index (χ1) is 15.6. The normalized spacial score (nSPS) is 11.2. The first-order valence-electron chi connectivity index (χ1n) is 10.6. The Morgan fingerprint density at radius 1 is 1.09 bits per heavy atom. The lowest BCUT2D eigenvalue weighted by molar-refractivity contribution is 0.223. The molecule has 2 aromatic heterocycles. The smallest absolute Gasteiger partial charge is 0.237 e. The maximum absolute atomic E-state index is 14.8. The summed E-state index contributed by atoms with van der Waals surface area (Å²) in [6.45, 7) is 7.58. The molecule has 4 rings (SSSR count). The third-order valence-electron chi connectivity index (χ3n) is 5.24. The number of halogens is 1. The summed E-state index contributed by atoms with van der Waals surface area (Å²) < 4.78 is 20.7. The van der Waals surface area contributed by atoms with E-state index in [1.54, 1.807) is 29.3 Å². The molecule has 0 amide bonds. The highest BCUT2D eigenvalue weighted by Crippen LogP contribution is 2.37. The highest BCUT2D eigenvalue weighted by Gasteiger charge is 2.23. The van der Waals surface area contributed by atoms with Crippen LogP contribution >= 0.6 is 0 Å². The standard InChI is InChI=1S/C23H26FN7O/c1-3-30(4-2)13-14-32-17-8-5-7-16(15-17)31(23-26-12-11-20(25)27-23)22-21-18(24)9-6-10-19(21)28-29-22/h5-12,15H,3-4,13-14H2,1-2H3,(H,28,29)(H2,25,26,27). The number of ether oxygens (including phenoxy) is 1. The van der Waals surface area contributed by atoms with Crippen molar-refractivity contribution in [1.29, 1.82) is 0 Å². The van der Waals surface area contributed by atoms with Gasteiger partial charge >= 0.3 is 0 Å². The van der Waals surface area contributed by atoms with Gasteiger partial charge in [0.1, 0.15) is 24.0 Å². The Bertz CT molecular complexity index is 1190. The van der Waals surface area contributed by atoms with Crippen molar-refractivity contribution in [3.05, 3.63) is 60.5 Å². The van der Waals surface area contributed by atoms with Crippen LogP contribution in [0, 0.1) is 5.82 Å². The Kier molecular flexibility index (Phi) is 6.46. The number of fused-ring (bicyclic) bond motifs is 1. The Morgan fingerprint density at radius 3 is 2.69 bits per heavy atom. The predicted molar refractivity (Wildman–Crippen MR) is 124 cm³/mol. The van der Waals surface area contributed by atoms with Crippen LogP contribution in [0.3, 0.4) is 0 Å². The number of H-pyrrole nitrogens is 1. The van der Waals surface area contributed by atoms with Crippen molar-refractivity contribution >= 4 is 34.2 Å². The zero-order chi connectivity index (χ0) is 22.5. The van der Waals surface area contributed by atoms with Crippen LogP contribution in [0.5, 0.6) is 5.75 Å². The Labute approximate surface area is 185 Å². The van der Waals surface area contributed by atoms with Gasteiger partial charge in [0.15, 0.2) is 5.82 Å². The van der Waals surface area contributed by atoms with Gasteiger partial charge in [-0.25, -0.2) is 9.37 Å². The molecule has 8 nitrogen and oxygen atoms in total. The molecule has 2 aromatic carbocycles. The van der Waals surface area contributed by atoms with Gasteiger partial charge < -0.3 is 15.4 Å². The molecule has 166 valence electrons. The highest BCUT2D eigenvalue weighted by molar-refractivity contribution is 5.95. The quantitative estimate of drug-likeness (QED) is 0.405. The molecule has 0 unspecified atom stereocenters. The van der Waals surface area contributed by atoms with Gasteiger partial charge in [-0.05, 0) is 43.4 Å². The van der Waals surface area contributed by atoms with E-state index in [-0.39, 0.29) is 5.95 Å². The molecule has 0 atom stereocenters. The average molecular weight is 436 g/mol. The van der Waals surface area contributed by atoms with Crippen molar-refractivity contribution in [2.75, 3.05) is 36.9 Å². The number of rotatable bonds is 9. The second-order valence-corrected chi connectivity index (χ2v) is 7.20. The van der Waals surface area contributed by atoms with E-state index in [0.29, 0.717) is 40.6 Å². The summed E-state index contributed by atoms with van der Waals surface area (Å²) in [6, 6.07) is 13.9. The lowest BCUT2D eigenvalue weighted by atomic mass is 10.2. The zero-order valence-electron chi connectivity index (χ0n) is 18.1. The van der Waals surface area contributed by atoms with Gasteiger partial charge in [-0.2, -0.15) is 10.1 Å². The third-order valence-corrected chi connectivity index (χ3v) is 5.24. The summed E-state index contributed by atoms with van der Waals surface area (Å²) >= 11 is 0. The molecular formula is C23H26FN7O. The number of nitrogens with zero attached hydrogens (tertiary/aromatic N) is 5. The number of nitrogens with one attached hydrogen (secondary N) is 1. The minimum Gasteiger partial charge on any atom is -0.492 e. The van der Waals surface area contributed by atoms with Crippen molar-refractivity contribution in [2.45, 2.75) is 13.8 Å². The number of nitrogen functional groups attached to an aromatic ring is 1. The summed E-state index contributed by atoms with van der Waals surface area (Å²) in [5.41, 5.74) is 7.15. The van der Waals surface area contributed by atoms with Crippen LogP contribution in [0.15, 0.2) is 54.7 Å². The maximum Gasteiger partial charge on any atom is 0.237 e. The SMILES string of the molecule is CCN(CC)CCOc1cccc(N(c2nccc(N)n2)c2n[nH]c3cccc(F)c23)c1. The van der Waals surface area contributed by atoms with E-state index in [2.05, 4.69) is 38.9 Å². The number of anilines is 4. The van der Waals surface area contributed by atoms with Crippen LogP contribution in [-0.4, -0.2) is 51.3 Å². The first-order valence-corrected chi connectivity index (χ1v) is 10.6. The number of hydrogen-bond acceptors (Lipinski definition) is 7. The zero-order valence-corrected chi connectivity index (χ0v) is 18.1. The summed E-state index contributed by atoms with van der Waals surface area (Å²) in [6.07, 6.45) is 1.56. The number of likely N-dealkylation sites (N-methyl/N-ethyl adjacent to an activating group) is 1. The molecule has 0 radical (unpaired) electrons. The molecule has 0 spiro atoms. The van der Waals surface area contributed by atoms with Gasteiger partial charge in [0.2, 0.25) is 5.95 Å². The van der Waals surface area contributed by atoms with E-state index in [1.807, 2.05) is 24.3 Å². The van der Waals surface area contributed by atoms with E-state index >= 15 is 0 Å². The predicted octanol–water partition coefficient (Wildman–Crippen LogP) is 4.26. The second-order valence-electron chi connectivity index (χ2n) is 7.20. The molecule has 0 aliphatic heterocycles. The highest BCUT2D eigenvalue weighted by atomic mass is 19.1. The monoisotopic (exact) mass is 435 g/mol. The molecule has 0 saturated carbocycles. The Balaban J connectivity index is 1.73. The number of nitrogens with two attached hydrogens (primary N) is 1. The lowest BCUT2D eigenvalue weighted by Crippen LogP contribution is -2.27. The molecule has 0 fully saturated rings. The molecule has 4 aromatic rings. The van der Waals surface area contributed by atoms with Crippen molar-refractivity contribution in [2.24, 2.45) is 0 Å². The van der Waals surface area contributed by atoms with Crippen LogP contribution in [0.4, 0.5) is 27.7 Å². The molecule has 9 heteroatoms. The van der Waals surface area contributed by atoms with Crippen LogP contribution in [0.25, 0.3) is 10.9 Å². The summed E-state index contributed by atoms with van der Waals surface area (Å²) in [7, 11) is 0. The van der Waals surface area contributed by atoms with Crippen molar-refractivity contribution < 1.29 is 9.13 Å². The summed E-state index contributed by atoms with van der Waals surface area (Å²) in [5, 5.41) is 7.59. The van der Waals surface area contributed by atoms with E-state index < -0.39 is 5.82 Å². The topological polar surface area (TPSA) is 96.2 Å². The van der Waals surface area contributed by atoms with Gasteiger partial charge in [0, 0.05) is 18.8 Å². The number of hydrogen-bond donors (Lipinski definition) is 2. The summed E-state index contributed by atoms with van der Waals surface area (Å²) in [5.74, 6) is 1.20. The molecular weight excluding hydrogens is 409 g/mol. The molecule has 0 aliphatic carbocycles. The van der Waals surface area contributed by atoms with E-state index in [1.165, 1.54) is 6.07 Å². The Hall–Kier alpha value is -3.72. The van der Waals surface area contributed by atoms with Gasteiger partial charge in [0.25, 0.3) is 0 Å². The molecule has 0 saturated heterocycles. The van der Waals surface area contributed by atoms with E-state index in [9.17, 15) is 4.39 Å². The second kappa shape index (κ2) is 9.61. The van der Waals surface area contributed by atoms with Crippen LogP contribution in [0.2, 0.25) is 0 Å². The fourth-order valence-corrected chi connectivity index (χ4v) is 3.52. The van der Waals surface area contributed by atoms with Crippen molar-refractivity contribution in [3.8, 4) is 5.75 Å². The fourth-order valence-electron chi connectivity index (χ4n) is 3.52. The first kappa shape index (κ1) is 21.5. The number of benzene rings is 2. The number of aromatic nitrogens is 4. The van der Waals surface area contributed by atoms with Gasteiger partial charge in [-0.15, -0.1) is 0 Å². The average Bonchev–Trinajstić information content (AvgIpc) is 3.22. The molecule has 2 heterocycles. The van der Waals surface area contributed by atoms with Gasteiger partial charge in [-0.1, -0.05) is 26.0 Å². The fraction of sp³-hybridized carbons (Fsp3) is 0.261. The molecule has 3 N–H and O–H groups in total. The van der Waals surface area contributed by atoms with Crippen LogP contribution in [0.1, 0.15) is 13.8 Å². The van der Waals surface area contributed by atoms with E-state index in [0.717, 1.165) is 19.6 Å². The number of aromatic amines is 1. The molecule has 0 aliphatic rings. The minimum absolute atomic E-state index is 0.280. The maximum atomic E-state index is 14.8. The van der Waals surface area contributed by atoms with Crippen LogP contribution in [-0.2, 0) is 0 Å². The largest absolute Gasteiger partial charge is 0.492 e. The van der Waals surface area contributed by atoms with Crippen molar-refractivity contribution in [1.82, 2.24) is 25.1 Å². The third kappa shape index (κ3) is 4.47. The lowest BCUT2D eigenvalue weighted by Gasteiger charge is -2.22. The van der Waals surface area contributed by atoms with Crippen LogP contribution < -0.4 is 15.4 Å².